The van der Waals surface area contributed by atoms with Crippen molar-refractivity contribution in [1.82, 2.24) is 5.32 Å². The fourth-order valence-corrected chi connectivity index (χ4v) is 3.22. The Morgan fingerprint density at radius 1 is 1.35 bits per heavy atom. The minimum Gasteiger partial charge on any atom is -0.396 e. The van der Waals surface area contributed by atoms with E-state index in [1.807, 2.05) is 5.38 Å². The lowest BCUT2D eigenvalue weighted by atomic mass is 10.2. The van der Waals surface area contributed by atoms with Crippen LogP contribution in [0.5, 0.6) is 0 Å². The molecule has 0 atom stereocenters. The number of carbonyl (C=O) groups excluding carboxylic acids is 1. The number of benzene rings is 1. The summed E-state index contributed by atoms with van der Waals surface area (Å²) in [6.07, 6.45) is 0.953. The Morgan fingerprint density at radius 2 is 2.00 bits per heavy atom. The first kappa shape index (κ1) is 15.2. The Bertz CT molecular complexity index is 617. The summed E-state index contributed by atoms with van der Waals surface area (Å²) in [5.74, 6) is -0.218. The zero-order chi connectivity index (χ0) is 14.7. The van der Waals surface area contributed by atoms with E-state index in [4.69, 9.17) is 28.9 Å². The maximum absolute atomic E-state index is 12.1. The Kier molecular flexibility index (Phi) is 4.91. The van der Waals surface area contributed by atoms with Gasteiger partial charge in [-0.15, -0.1) is 11.3 Å². The summed E-state index contributed by atoms with van der Waals surface area (Å²) in [6.45, 7) is 2.59. The van der Waals surface area contributed by atoms with Crippen molar-refractivity contribution in [2.24, 2.45) is 0 Å². The van der Waals surface area contributed by atoms with Gasteiger partial charge in [-0.05, 0) is 35.6 Å². The summed E-state index contributed by atoms with van der Waals surface area (Å²) in [4.78, 5) is 13.3. The molecule has 0 aliphatic carbocycles. The Balaban J connectivity index is 2.09. The second-order valence-corrected chi connectivity index (χ2v) is 6.07. The van der Waals surface area contributed by atoms with Gasteiger partial charge in [0.2, 0.25) is 0 Å². The molecule has 1 aromatic carbocycles. The number of halogens is 2. The van der Waals surface area contributed by atoms with Gasteiger partial charge in [-0.3, -0.25) is 4.79 Å². The van der Waals surface area contributed by atoms with Gasteiger partial charge in [-0.1, -0.05) is 30.1 Å². The largest absolute Gasteiger partial charge is 0.396 e. The van der Waals surface area contributed by atoms with Crippen LogP contribution in [0.4, 0.5) is 5.69 Å². The Labute approximate surface area is 131 Å². The average Bonchev–Trinajstić information content (AvgIpc) is 2.89. The van der Waals surface area contributed by atoms with Crippen molar-refractivity contribution in [3.63, 3.8) is 0 Å². The standard InChI is InChI=1S/C14H14Cl2N2OS/c1-2-8-3-4-20-12(8)7-18-14(19)9-5-10(15)13(17)11(16)6-9/h3-6H,2,7,17H2,1H3,(H,18,19). The predicted molar refractivity (Wildman–Crippen MR) is 85.7 cm³/mol. The second kappa shape index (κ2) is 6.48. The lowest BCUT2D eigenvalue weighted by molar-refractivity contribution is 0.0951. The molecule has 0 aliphatic heterocycles. The zero-order valence-corrected chi connectivity index (χ0v) is 13.2. The van der Waals surface area contributed by atoms with Crippen LogP contribution in [0.1, 0.15) is 27.7 Å². The number of carbonyl (C=O) groups is 1. The van der Waals surface area contributed by atoms with Crippen molar-refractivity contribution < 1.29 is 4.79 Å². The molecule has 0 spiro atoms. The average molecular weight is 329 g/mol. The molecule has 1 heterocycles. The van der Waals surface area contributed by atoms with E-state index in [2.05, 4.69) is 18.3 Å². The first-order chi connectivity index (χ1) is 9.52. The van der Waals surface area contributed by atoms with E-state index in [9.17, 15) is 4.79 Å². The molecule has 1 aromatic heterocycles. The van der Waals surface area contributed by atoms with Crippen LogP contribution >= 0.6 is 34.5 Å². The number of rotatable bonds is 4. The first-order valence-corrected chi connectivity index (χ1v) is 7.74. The molecule has 2 aromatic rings. The van der Waals surface area contributed by atoms with Gasteiger partial charge < -0.3 is 11.1 Å². The monoisotopic (exact) mass is 328 g/mol. The molecule has 0 saturated heterocycles. The van der Waals surface area contributed by atoms with Crippen molar-refractivity contribution >= 4 is 46.1 Å². The van der Waals surface area contributed by atoms with Crippen molar-refractivity contribution in [2.45, 2.75) is 19.9 Å². The number of nitrogen functional groups attached to an aromatic ring is 1. The van der Waals surface area contributed by atoms with Gasteiger partial charge in [0.15, 0.2) is 0 Å². The SMILES string of the molecule is CCc1ccsc1CNC(=O)c1cc(Cl)c(N)c(Cl)c1. The van der Waals surface area contributed by atoms with Crippen molar-refractivity contribution in [2.75, 3.05) is 5.73 Å². The van der Waals surface area contributed by atoms with Crippen LogP contribution in [0.15, 0.2) is 23.6 Å². The number of thiophene rings is 1. The minimum atomic E-state index is -0.218. The van der Waals surface area contributed by atoms with Crippen molar-refractivity contribution in [3.05, 3.63) is 49.6 Å². The van der Waals surface area contributed by atoms with Gasteiger partial charge in [0.05, 0.1) is 22.3 Å². The molecular formula is C14H14Cl2N2OS. The topological polar surface area (TPSA) is 55.1 Å². The van der Waals surface area contributed by atoms with Crippen LogP contribution in [0.2, 0.25) is 10.0 Å². The van der Waals surface area contributed by atoms with Crippen molar-refractivity contribution in [3.8, 4) is 0 Å². The molecule has 2 rings (SSSR count). The number of anilines is 1. The molecule has 20 heavy (non-hydrogen) atoms. The summed E-state index contributed by atoms with van der Waals surface area (Å²) in [6, 6.07) is 5.11. The van der Waals surface area contributed by atoms with E-state index in [1.165, 1.54) is 17.7 Å². The number of amides is 1. The van der Waals surface area contributed by atoms with Crippen molar-refractivity contribution in [1.29, 1.82) is 0 Å². The summed E-state index contributed by atoms with van der Waals surface area (Å²) < 4.78 is 0. The molecule has 0 unspecified atom stereocenters. The second-order valence-electron chi connectivity index (χ2n) is 4.26. The number of nitrogens with one attached hydrogen (secondary N) is 1. The molecule has 3 nitrogen and oxygen atoms in total. The zero-order valence-electron chi connectivity index (χ0n) is 10.9. The van der Waals surface area contributed by atoms with E-state index in [1.54, 1.807) is 11.3 Å². The maximum Gasteiger partial charge on any atom is 0.251 e. The number of aryl methyl sites for hydroxylation is 1. The van der Waals surface area contributed by atoms with E-state index in [-0.39, 0.29) is 21.6 Å². The summed E-state index contributed by atoms with van der Waals surface area (Å²) in [5.41, 5.74) is 7.59. The van der Waals surface area contributed by atoms with Gasteiger partial charge >= 0.3 is 0 Å². The van der Waals surface area contributed by atoms with Gasteiger partial charge in [0, 0.05) is 10.4 Å². The molecule has 1 amide bonds. The molecule has 3 N–H and O–H groups in total. The van der Waals surface area contributed by atoms with E-state index < -0.39 is 0 Å². The minimum absolute atomic E-state index is 0.218. The predicted octanol–water partition coefficient (Wildman–Crippen LogP) is 4.13. The Hall–Kier alpha value is -1.23. The van der Waals surface area contributed by atoms with Gasteiger partial charge in [-0.2, -0.15) is 0 Å². The van der Waals surface area contributed by atoms with Crippen LogP contribution in [-0.2, 0) is 13.0 Å². The van der Waals surface area contributed by atoms with Crippen LogP contribution < -0.4 is 11.1 Å². The van der Waals surface area contributed by atoms with E-state index in [0.717, 1.165) is 11.3 Å². The fraction of sp³-hybridized carbons (Fsp3) is 0.214. The third kappa shape index (κ3) is 3.26. The normalized spacial score (nSPS) is 10.6. The molecule has 0 bridgehead atoms. The third-order valence-corrected chi connectivity index (χ3v) is 4.56. The van der Waals surface area contributed by atoms with Crippen LogP contribution in [-0.4, -0.2) is 5.91 Å². The highest BCUT2D eigenvalue weighted by atomic mass is 35.5. The molecule has 0 aliphatic rings. The first-order valence-electron chi connectivity index (χ1n) is 6.11. The molecular weight excluding hydrogens is 315 g/mol. The number of hydrogen-bond acceptors (Lipinski definition) is 3. The molecule has 0 fully saturated rings. The Morgan fingerprint density at radius 3 is 2.60 bits per heavy atom. The summed E-state index contributed by atoms with van der Waals surface area (Å²) in [7, 11) is 0. The number of nitrogens with two attached hydrogens (primary N) is 1. The molecule has 0 saturated carbocycles. The lowest BCUT2D eigenvalue weighted by Gasteiger charge is -2.08. The third-order valence-electron chi connectivity index (χ3n) is 2.97. The number of hydrogen-bond donors (Lipinski definition) is 2. The van der Waals surface area contributed by atoms with Crippen LogP contribution in [0.25, 0.3) is 0 Å². The smallest absolute Gasteiger partial charge is 0.251 e. The molecule has 106 valence electrons. The highest BCUT2D eigenvalue weighted by Gasteiger charge is 2.12. The quantitative estimate of drug-likeness (QED) is 0.829. The van der Waals surface area contributed by atoms with Crippen LogP contribution in [0.3, 0.4) is 0 Å². The summed E-state index contributed by atoms with van der Waals surface area (Å²) in [5, 5.41) is 5.46. The van der Waals surface area contributed by atoms with Gasteiger partial charge in [0.25, 0.3) is 5.91 Å². The van der Waals surface area contributed by atoms with Crippen LogP contribution in [0, 0.1) is 0 Å². The molecule has 0 radical (unpaired) electrons. The van der Waals surface area contributed by atoms with Gasteiger partial charge in [-0.25, -0.2) is 0 Å². The highest BCUT2D eigenvalue weighted by Crippen LogP contribution is 2.28. The summed E-state index contributed by atoms with van der Waals surface area (Å²) >= 11 is 13.5. The van der Waals surface area contributed by atoms with Gasteiger partial charge in [0.1, 0.15) is 0 Å². The molecule has 6 heteroatoms. The van der Waals surface area contributed by atoms with E-state index >= 15 is 0 Å². The maximum atomic E-state index is 12.1. The lowest BCUT2D eigenvalue weighted by Crippen LogP contribution is -2.22. The van der Waals surface area contributed by atoms with E-state index in [0.29, 0.717) is 12.1 Å². The highest BCUT2D eigenvalue weighted by molar-refractivity contribution is 7.10. The fourth-order valence-electron chi connectivity index (χ4n) is 1.82.